The molecule has 0 aromatic rings. The van der Waals surface area contributed by atoms with E-state index in [1.807, 2.05) is 0 Å². The van der Waals surface area contributed by atoms with Crippen LogP contribution in [0.2, 0.25) is 0 Å². The minimum Gasteiger partial charge on any atom is -0.480 e. The van der Waals surface area contributed by atoms with Gasteiger partial charge in [-0.05, 0) is 45.6 Å². The Hall–Kier alpha value is -2.16. The molecule has 0 heterocycles. The Kier molecular flexibility index (Phi) is 18.2. The van der Waals surface area contributed by atoms with E-state index in [1.165, 1.54) is 6.92 Å². The number of aliphatic carboxylic acids is 2. The van der Waals surface area contributed by atoms with Crippen molar-refractivity contribution >= 4 is 23.8 Å². The molecule has 2 amide bonds. The Morgan fingerprint density at radius 3 is 1.50 bits per heavy atom. The minimum absolute atomic E-state index is 0.198. The van der Waals surface area contributed by atoms with E-state index in [0.717, 1.165) is 70.6 Å². The molecule has 9 nitrogen and oxygen atoms in total. The summed E-state index contributed by atoms with van der Waals surface area (Å²) in [5, 5.41) is 23.0. The first kappa shape index (κ1) is 29.8. The van der Waals surface area contributed by atoms with Crippen molar-refractivity contribution in [1.29, 1.82) is 0 Å². The first-order chi connectivity index (χ1) is 15.3. The maximum Gasteiger partial charge on any atom is 0.326 e. The van der Waals surface area contributed by atoms with Crippen LogP contribution in [0.3, 0.4) is 0 Å². The van der Waals surface area contributed by atoms with Crippen molar-refractivity contribution in [2.45, 2.75) is 115 Å². The van der Waals surface area contributed by atoms with Gasteiger partial charge in [0.05, 0.1) is 0 Å². The van der Waals surface area contributed by atoms with Crippen molar-refractivity contribution in [2.24, 2.45) is 5.73 Å². The summed E-state index contributed by atoms with van der Waals surface area (Å²) < 4.78 is 0. The number of amides is 2. The number of carbonyl (C=O) groups is 4. The summed E-state index contributed by atoms with van der Waals surface area (Å²) in [6, 6.07) is -1.67. The predicted octanol–water partition coefficient (Wildman–Crippen LogP) is 2.96. The number of rotatable bonds is 21. The van der Waals surface area contributed by atoms with Crippen LogP contribution in [0, 0.1) is 0 Å². The molecule has 0 saturated heterocycles. The number of unbranched alkanes of at least 4 members (excludes halogenated alkanes) is 10. The van der Waals surface area contributed by atoms with Gasteiger partial charge in [-0.2, -0.15) is 0 Å². The zero-order valence-electron chi connectivity index (χ0n) is 19.6. The van der Waals surface area contributed by atoms with E-state index in [2.05, 4.69) is 10.6 Å². The van der Waals surface area contributed by atoms with Gasteiger partial charge in [0.1, 0.15) is 12.1 Å². The van der Waals surface area contributed by atoms with Crippen LogP contribution in [0.1, 0.15) is 103 Å². The lowest BCUT2D eigenvalue weighted by Gasteiger charge is -2.14. The summed E-state index contributed by atoms with van der Waals surface area (Å²) in [5.74, 6) is -2.43. The maximum atomic E-state index is 11.9. The van der Waals surface area contributed by atoms with Gasteiger partial charge >= 0.3 is 11.9 Å². The summed E-state index contributed by atoms with van der Waals surface area (Å²) >= 11 is 0. The molecule has 0 rings (SSSR count). The Bertz CT molecular complexity index is 556. The zero-order chi connectivity index (χ0) is 24.2. The molecule has 0 aromatic carbocycles. The third-order valence-electron chi connectivity index (χ3n) is 5.39. The van der Waals surface area contributed by atoms with E-state index < -0.39 is 24.0 Å². The molecule has 0 bridgehead atoms. The van der Waals surface area contributed by atoms with Crippen LogP contribution in [-0.2, 0) is 19.2 Å². The fraction of sp³-hybridized carbons (Fsp3) is 0.826. The van der Waals surface area contributed by atoms with Crippen LogP contribution in [-0.4, -0.2) is 52.6 Å². The molecule has 0 fully saturated rings. The highest BCUT2D eigenvalue weighted by Gasteiger charge is 2.18. The first-order valence-corrected chi connectivity index (χ1v) is 12.0. The van der Waals surface area contributed by atoms with Gasteiger partial charge in [0.15, 0.2) is 0 Å². The minimum atomic E-state index is -1.03. The molecule has 32 heavy (non-hydrogen) atoms. The van der Waals surface area contributed by atoms with E-state index in [9.17, 15) is 24.3 Å². The molecule has 0 saturated carbocycles. The molecule has 0 aliphatic heterocycles. The normalized spacial score (nSPS) is 12.7. The molecule has 0 spiro atoms. The number of nitrogens with two attached hydrogens (primary N) is 1. The van der Waals surface area contributed by atoms with Crippen molar-refractivity contribution in [1.82, 2.24) is 10.6 Å². The lowest BCUT2D eigenvalue weighted by atomic mass is 10.0. The third-order valence-corrected chi connectivity index (χ3v) is 5.39. The fourth-order valence-electron chi connectivity index (χ4n) is 3.38. The smallest absolute Gasteiger partial charge is 0.326 e. The topological polar surface area (TPSA) is 159 Å². The molecular weight excluding hydrogens is 414 g/mol. The summed E-state index contributed by atoms with van der Waals surface area (Å²) in [4.78, 5) is 45.4. The van der Waals surface area contributed by atoms with Crippen LogP contribution in [0.4, 0.5) is 0 Å². The molecule has 2 atom stereocenters. The highest BCUT2D eigenvalue weighted by molar-refractivity contribution is 5.83. The molecule has 0 aromatic heterocycles. The molecule has 9 heteroatoms. The van der Waals surface area contributed by atoms with Gasteiger partial charge in [-0.3, -0.25) is 14.4 Å². The van der Waals surface area contributed by atoms with Gasteiger partial charge in [-0.25, -0.2) is 4.79 Å². The monoisotopic (exact) mass is 457 g/mol. The quantitative estimate of drug-likeness (QED) is 0.166. The molecular formula is C23H43N3O6. The Morgan fingerprint density at radius 2 is 1.09 bits per heavy atom. The number of carbonyl (C=O) groups excluding carboxylic acids is 2. The highest BCUT2D eigenvalue weighted by atomic mass is 16.4. The van der Waals surface area contributed by atoms with Gasteiger partial charge in [-0.15, -0.1) is 0 Å². The molecule has 0 unspecified atom stereocenters. The predicted molar refractivity (Wildman–Crippen MR) is 123 cm³/mol. The molecule has 0 radical (unpaired) electrons. The standard InChI is InChI=1S/C23H43N3O6/c1-18(22(29)30)25-20(27)15-10-8-6-4-2-3-5-7-9-11-16-21(28)26-19(23(31)32)14-12-13-17-24/h18-19H,2-17,24H2,1H3,(H,25,27)(H,26,28)(H,29,30)(H,31,32)/t18-,19-/m0/s1. The zero-order valence-corrected chi connectivity index (χ0v) is 19.6. The summed E-state index contributed by atoms with van der Waals surface area (Å²) in [6.07, 6.45) is 12.7. The second-order valence-electron chi connectivity index (χ2n) is 8.41. The van der Waals surface area contributed by atoms with Crippen molar-refractivity contribution in [3.63, 3.8) is 0 Å². The molecule has 186 valence electrons. The van der Waals surface area contributed by atoms with E-state index in [-0.39, 0.29) is 11.8 Å². The highest BCUT2D eigenvalue weighted by Crippen LogP contribution is 2.12. The van der Waals surface area contributed by atoms with Crippen LogP contribution in [0.25, 0.3) is 0 Å². The fourth-order valence-corrected chi connectivity index (χ4v) is 3.38. The van der Waals surface area contributed by atoms with Crippen molar-refractivity contribution in [3.8, 4) is 0 Å². The van der Waals surface area contributed by atoms with E-state index >= 15 is 0 Å². The second kappa shape index (κ2) is 19.5. The lowest BCUT2D eigenvalue weighted by molar-refractivity contribution is -0.142. The van der Waals surface area contributed by atoms with Crippen LogP contribution in [0.5, 0.6) is 0 Å². The summed E-state index contributed by atoms with van der Waals surface area (Å²) in [6.45, 7) is 1.98. The summed E-state index contributed by atoms with van der Waals surface area (Å²) in [5.41, 5.74) is 5.41. The van der Waals surface area contributed by atoms with Crippen molar-refractivity contribution < 1.29 is 29.4 Å². The molecule has 6 N–H and O–H groups in total. The lowest BCUT2D eigenvalue weighted by Crippen LogP contribution is -2.40. The number of nitrogens with one attached hydrogen (secondary N) is 2. The van der Waals surface area contributed by atoms with Crippen LogP contribution < -0.4 is 16.4 Å². The van der Waals surface area contributed by atoms with Crippen molar-refractivity contribution in [3.05, 3.63) is 0 Å². The van der Waals surface area contributed by atoms with Crippen LogP contribution >= 0.6 is 0 Å². The number of hydrogen-bond acceptors (Lipinski definition) is 5. The third kappa shape index (κ3) is 17.5. The SMILES string of the molecule is C[C@H](NC(=O)CCCCCCCCCCCCC(=O)N[C@@H](CCCCN)C(=O)O)C(=O)O. The van der Waals surface area contributed by atoms with E-state index in [4.69, 9.17) is 10.8 Å². The van der Waals surface area contributed by atoms with Gasteiger partial charge < -0.3 is 26.6 Å². The van der Waals surface area contributed by atoms with E-state index in [0.29, 0.717) is 32.2 Å². The Labute approximate surface area is 191 Å². The first-order valence-electron chi connectivity index (χ1n) is 12.0. The number of carboxylic acids is 2. The number of hydrogen-bond donors (Lipinski definition) is 5. The van der Waals surface area contributed by atoms with Gasteiger partial charge in [0.2, 0.25) is 11.8 Å². The van der Waals surface area contributed by atoms with Gasteiger partial charge in [0, 0.05) is 12.8 Å². The molecule has 0 aliphatic carbocycles. The summed E-state index contributed by atoms with van der Waals surface area (Å²) in [7, 11) is 0. The van der Waals surface area contributed by atoms with Crippen LogP contribution in [0.15, 0.2) is 0 Å². The molecule has 0 aliphatic rings. The average Bonchev–Trinajstić information content (AvgIpc) is 2.73. The Balaban J connectivity index is 3.55. The van der Waals surface area contributed by atoms with E-state index in [1.54, 1.807) is 0 Å². The largest absolute Gasteiger partial charge is 0.480 e. The maximum absolute atomic E-state index is 11.9. The van der Waals surface area contributed by atoms with Crippen molar-refractivity contribution in [2.75, 3.05) is 6.54 Å². The number of carboxylic acid groups (broad SMARTS) is 2. The second-order valence-corrected chi connectivity index (χ2v) is 8.41. The average molecular weight is 458 g/mol. The van der Waals surface area contributed by atoms with Gasteiger partial charge in [-0.1, -0.05) is 51.4 Å². The Morgan fingerprint density at radius 1 is 0.656 bits per heavy atom. The van der Waals surface area contributed by atoms with Gasteiger partial charge in [0.25, 0.3) is 0 Å².